The van der Waals surface area contributed by atoms with E-state index in [1.54, 1.807) is 31.4 Å². The lowest BCUT2D eigenvalue weighted by molar-refractivity contribution is -0.114. The fraction of sp³-hybridized carbons (Fsp3) is 0.267. The van der Waals surface area contributed by atoms with Gasteiger partial charge in [-0.3, -0.25) is 4.79 Å². The first-order chi connectivity index (χ1) is 9.53. The first-order valence-electron chi connectivity index (χ1n) is 6.25. The van der Waals surface area contributed by atoms with E-state index in [0.29, 0.717) is 30.2 Å². The summed E-state index contributed by atoms with van der Waals surface area (Å²) in [5.74, 6) is 0.465. The Morgan fingerprint density at radius 1 is 1.32 bits per heavy atom. The lowest BCUT2D eigenvalue weighted by atomic mass is 10.2. The molecular weight excluding hydrogens is 325 g/mol. The molecule has 0 aromatic heterocycles. The largest absolute Gasteiger partial charge is 0.495 e. The fourth-order valence-electron chi connectivity index (χ4n) is 1.88. The van der Waals surface area contributed by atoms with Crippen LogP contribution in [-0.2, 0) is 4.79 Å². The molecule has 1 aromatic carbocycles. The van der Waals surface area contributed by atoms with Gasteiger partial charge in [0.2, 0.25) is 5.91 Å². The lowest BCUT2D eigenvalue weighted by Crippen LogP contribution is -2.24. The number of hydrogen-bond donors (Lipinski definition) is 2. The molecule has 0 fully saturated rings. The first-order valence-corrected chi connectivity index (χ1v) is 6.25. The van der Waals surface area contributed by atoms with E-state index < -0.39 is 0 Å². The summed E-state index contributed by atoms with van der Waals surface area (Å²) < 4.78 is 5.36. The number of nitrogens with zero attached hydrogens (tertiary/aromatic N) is 1. The molecule has 0 aliphatic rings. The Morgan fingerprint density at radius 2 is 1.86 bits per heavy atom. The molecule has 0 unspecified atom stereocenters. The molecule has 0 aliphatic heterocycles. The maximum Gasteiger partial charge on any atom is 0.221 e. The van der Waals surface area contributed by atoms with E-state index in [4.69, 9.17) is 10.5 Å². The Balaban J connectivity index is 0. The molecule has 7 heteroatoms. The predicted octanol–water partition coefficient (Wildman–Crippen LogP) is 3.26. The zero-order valence-corrected chi connectivity index (χ0v) is 14.4. The molecule has 22 heavy (non-hydrogen) atoms. The smallest absolute Gasteiger partial charge is 0.221 e. The van der Waals surface area contributed by atoms with E-state index in [-0.39, 0.29) is 30.7 Å². The molecule has 0 bridgehead atoms. The number of ether oxygens (including phenoxy) is 1. The Labute approximate surface area is 144 Å². The van der Waals surface area contributed by atoms with Crippen molar-refractivity contribution in [1.82, 2.24) is 0 Å². The van der Waals surface area contributed by atoms with E-state index in [9.17, 15) is 4.79 Å². The van der Waals surface area contributed by atoms with Crippen molar-refractivity contribution in [3.05, 3.63) is 37.4 Å². The highest BCUT2D eigenvalue weighted by Gasteiger charge is 2.14. The number of hydrogen-bond acceptors (Lipinski definition) is 4. The lowest BCUT2D eigenvalue weighted by Gasteiger charge is -2.25. The van der Waals surface area contributed by atoms with Gasteiger partial charge in [-0.25, -0.2) is 0 Å². The number of anilines is 3. The summed E-state index contributed by atoms with van der Waals surface area (Å²) in [6.07, 6.45) is 3.58. The molecule has 5 nitrogen and oxygen atoms in total. The van der Waals surface area contributed by atoms with Crippen LogP contribution < -0.4 is 20.7 Å². The van der Waals surface area contributed by atoms with Crippen LogP contribution in [-0.4, -0.2) is 26.1 Å². The van der Waals surface area contributed by atoms with E-state index in [2.05, 4.69) is 18.5 Å². The van der Waals surface area contributed by atoms with Gasteiger partial charge in [-0.1, -0.05) is 12.2 Å². The predicted molar refractivity (Wildman–Crippen MR) is 98.8 cm³/mol. The van der Waals surface area contributed by atoms with Crippen molar-refractivity contribution in [3.8, 4) is 5.75 Å². The van der Waals surface area contributed by atoms with Gasteiger partial charge in [-0.05, 0) is 6.07 Å². The topological polar surface area (TPSA) is 67.6 Å². The highest BCUT2D eigenvalue weighted by atomic mass is 35.5. The molecule has 1 aromatic rings. The van der Waals surface area contributed by atoms with Gasteiger partial charge >= 0.3 is 0 Å². The Hall–Kier alpha value is -1.85. The number of nitrogen functional groups attached to an aromatic ring is 1. The summed E-state index contributed by atoms with van der Waals surface area (Å²) in [5.41, 5.74) is 7.75. The number of nitrogens with one attached hydrogen (secondary N) is 1. The Morgan fingerprint density at radius 3 is 2.27 bits per heavy atom. The van der Waals surface area contributed by atoms with Gasteiger partial charge in [0.15, 0.2) is 0 Å². The molecule has 0 radical (unpaired) electrons. The third kappa shape index (κ3) is 5.87. The standard InChI is InChI=1S/C15H21N3O2.2ClH/c1-5-7-18(8-6-2)14-10-13(17-11(3)19)12(16)9-15(14)20-4;;/h5-6,9-10H,1-2,7-8,16H2,3-4H3,(H,17,19);2*1H. The van der Waals surface area contributed by atoms with Gasteiger partial charge in [-0.15, -0.1) is 38.0 Å². The number of amides is 1. The van der Waals surface area contributed by atoms with Crippen molar-refractivity contribution in [2.75, 3.05) is 36.1 Å². The highest BCUT2D eigenvalue weighted by Crippen LogP contribution is 2.35. The molecule has 0 spiro atoms. The van der Waals surface area contributed by atoms with Crippen LogP contribution in [0.4, 0.5) is 17.1 Å². The van der Waals surface area contributed by atoms with Crippen LogP contribution in [0.15, 0.2) is 37.4 Å². The number of benzene rings is 1. The van der Waals surface area contributed by atoms with Gasteiger partial charge in [0.05, 0.1) is 24.2 Å². The van der Waals surface area contributed by atoms with Crippen molar-refractivity contribution in [1.29, 1.82) is 0 Å². The van der Waals surface area contributed by atoms with Crippen LogP contribution in [0.2, 0.25) is 0 Å². The SMILES string of the molecule is C=CCN(CC=C)c1cc(NC(C)=O)c(N)cc1OC.Cl.Cl. The second kappa shape index (κ2) is 10.8. The molecular formula is C15H23Cl2N3O2. The van der Waals surface area contributed by atoms with Gasteiger partial charge in [0.1, 0.15) is 5.75 Å². The van der Waals surface area contributed by atoms with Crippen LogP contribution in [0.5, 0.6) is 5.75 Å². The number of methoxy groups -OCH3 is 1. The third-order valence-electron chi connectivity index (χ3n) is 2.70. The minimum absolute atomic E-state index is 0. The normalized spacial score (nSPS) is 8.82. The fourth-order valence-corrected chi connectivity index (χ4v) is 1.88. The van der Waals surface area contributed by atoms with Crippen LogP contribution in [0.3, 0.4) is 0 Å². The van der Waals surface area contributed by atoms with Gasteiger partial charge in [-0.2, -0.15) is 0 Å². The number of nitrogens with two attached hydrogens (primary N) is 1. The maximum absolute atomic E-state index is 11.2. The molecule has 0 saturated heterocycles. The zero-order valence-electron chi connectivity index (χ0n) is 12.8. The summed E-state index contributed by atoms with van der Waals surface area (Å²) in [6.45, 7) is 10.2. The van der Waals surface area contributed by atoms with E-state index >= 15 is 0 Å². The molecule has 0 atom stereocenters. The van der Waals surface area contributed by atoms with Gasteiger partial charge < -0.3 is 20.7 Å². The number of rotatable bonds is 7. The first kappa shape index (κ1) is 22.4. The molecule has 124 valence electrons. The highest BCUT2D eigenvalue weighted by molar-refractivity contribution is 5.94. The van der Waals surface area contributed by atoms with Gasteiger partial charge in [0, 0.05) is 26.1 Å². The second-order valence-electron chi connectivity index (χ2n) is 4.27. The second-order valence-corrected chi connectivity index (χ2v) is 4.27. The summed E-state index contributed by atoms with van der Waals surface area (Å²) in [5, 5.41) is 2.71. The number of halogens is 2. The summed E-state index contributed by atoms with van der Waals surface area (Å²) in [6, 6.07) is 3.49. The third-order valence-corrected chi connectivity index (χ3v) is 2.70. The maximum atomic E-state index is 11.2. The average Bonchev–Trinajstić information content (AvgIpc) is 2.40. The van der Waals surface area contributed by atoms with E-state index in [0.717, 1.165) is 5.69 Å². The Bertz CT molecular complexity index is 512. The van der Waals surface area contributed by atoms with Crippen LogP contribution in [0, 0.1) is 0 Å². The molecule has 0 aliphatic carbocycles. The zero-order chi connectivity index (χ0) is 15.1. The number of carbonyl (C=O) groups is 1. The molecule has 0 heterocycles. The van der Waals surface area contributed by atoms with Crippen molar-refractivity contribution in [3.63, 3.8) is 0 Å². The van der Waals surface area contributed by atoms with Crippen LogP contribution >= 0.6 is 24.8 Å². The minimum atomic E-state index is -0.174. The van der Waals surface area contributed by atoms with Crippen LogP contribution in [0.25, 0.3) is 0 Å². The number of carbonyl (C=O) groups excluding carboxylic acids is 1. The van der Waals surface area contributed by atoms with Crippen molar-refractivity contribution in [2.24, 2.45) is 0 Å². The summed E-state index contributed by atoms with van der Waals surface area (Å²) in [7, 11) is 1.58. The van der Waals surface area contributed by atoms with E-state index in [1.165, 1.54) is 6.92 Å². The van der Waals surface area contributed by atoms with Gasteiger partial charge in [0.25, 0.3) is 0 Å². The minimum Gasteiger partial charge on any atom is -0.495 e. The summed E-state index contributed by atoms with van der Waals surface area (Å²) >= 11 is 0. The quantitative estimate of drug-likeness (QED) is 0.586. The van der Waals surface area contributed by atoms with Crippen molar-refractivity contribution in [2.45, 2.75) is 6.92 Å². The average molecular weight is 348 g/mol. The molecule has 1 amide bonds. The van der Waals surface area contributed by atoms with Crippen LogP contribution in [0.1, 0.15) is 6.92 Å². The Kier molecular flexibility index (Phi) is 11.0. The van der Waals surface area contributed by atoms with Crippen molar-refractivity contribution >= 4 is 47.8 Å². The van der Waals surface area contributed by atoms with Crippen molar-refractivity contribution < 1.29 is 9.53 Å². The monoisotopic (exact) mass is 347 g/mol. The summed E-state index contributed by atoms with van der Waals surface area (Å²) in [4.78, 5) is 13.2. The molecule has 0 saturated carbocycles. The van der Waals surface area contributed by atoms with E-state index in [1.807, 2.05) is 4.90 Å². The molecule has 1 rings (SSSR count). The molecule has 3 N–H and O–H groups in total.